The number of nitrogens with one attached hydrogen (secondary N) is 1. The van der Waals surface area contributed by atoms with Crippen LogP contribution in [-0.2, 0) is 0 Å². The summed E-state index contributed by atoms with van der Waals surface area (Å²) in [5, 5.41) is 7.86. The molecule has 0 spiro atoms. The first-order valence-corrected chi connectivity index (χ1v) is 12.0. The number of hydrogen-bond donors (Lipinski definition) is 1. The van der Waals surface area contributed by atoms with Gasteiger partial charge in [0.15, 0.2) is 0 Å². The van der Waals surface area contributed by atoms with Gasteiger partial charge >= 0.3 is 0 Å². The lowest BCUT2D eigenvalue weighted by molar-refractivity contribution is 1.19. The smallest absolute Gasteiger partial charge is 0.0548 e. The second kappa shape index (κ2) is 6.25. The highest BCUT2D eigenvalue weighted by Crippen LogP contribution is 2.41. The third kappa shape index (κ3) is 2.27. The number of fused-ring (bicyclic) bond motifs is 10. The molecule has 0 saturated heterocycles. The molecule has 0 unspecified atom stereocenters. The van der Waals surface area contributed by atoms with Gasteiger partial charge in [0.05, 0.1) is 11.0 Å². The molecule has 1 N–H and O–H groups in total. The molecule has 8 rings (SSSR count). The summed E-state index contributed by atoms with van der Waals surface area (Å²) < 4.78 is 5.09. The second-order valence-electron chi connectivity index (χ2n) is 8.68. The molecule has 0 fully saturated rings. The first kappa shape index (κ1) is 17.5. The molecular weight excluding hydrogens is 420 g/mol. The van der Waals surface area contributed by atoms with Gasteiger partial charge in [-0.15, -0.1) is 11.3 Å². The van der Waals surface area contributed by atoms with Crippen LogP contribution in [0.2, 0.25) is 0 Å². The molecule has 0 aliphatic carbocycles. The van der Waals surface area contributed by atoms with Crippen LogP contribution in [0.15, 0.2) is 103 Å². The van der Waals surface area contributed by atoms with E-state index in [9.17, 15) is 0 Å². The largest absolute Gasteiger partial charge is 0.354 e. The Labute approximate surface area is 193 Å². The van der Waals surface area contributed by atoms with Gasteiger partial charge in [0.1, 0.15) is 0 Å². The Morgan fingerprint density at radius 2 is 1.27 bits per heavy atom. The minimum absolute atomic E-state index is 1.18. The van der Waals surface area contributed by atoms with E-state index in [1.165, 1.54) is 69.5 Å². The third-order valence-corrected chi connectivity index (χ3v) is 8.06. The van der Waals surface area contributed by atoms with Crippen molar-refractivity contribution in [2.24, 2.45) is 0 Å². The van der Waals surface area contributed by atoms with Gasteiger partial charge in [-0.25, -0.2) is 0 Å². The van der Waals surface area contributed by atoms with Gasteiger partial charge < -0.3 is 9.55 Å². The van der Waals surface area contributed by atoms with Gasteiger partial charge in [0.2, 0.25) is 0 Å². The van der Waals surface area contributed by atoms with E-state index in [0.29, 0.717) is 0 Å². The van der Waals surface area contributed by atoms with Crippen LogP contribution in [0, 0.1) is 0 Å². The predicted molar refractivity (Wildman–Crippen MR) is 143 cm³/mol. The van der Waals surface area contributed by atoms with E-state index >= 15 is 0 Å². The summed E-state index contributed by atoms with van der Waals surface area (Å²) in [6.07, 6.45) is 0. The Kier molecular flexibility index (Phi) is 3.31. The molecule has 0 bridgehead atoms. The molecular formula is C30H18N2S. The fourth-order valence-electron chi connectivity index (χ4n) is 5.53. The van der Waals surface area contributed by atoms with Crippen LogP contribution in [0.25, 0.3) is 69.5 Å². The molecule has 3 aromatic heterocycles. The Morgan fingerprint density at radius 1 is 0.515 bits per heavy atom. The summed E-state index contributed by atoms with van der Waals surface area (Å²) in [5.41, 5.74) is 6.06. The van der Waals surface area contributed by atoms with Gasteiger partial charge in [-0.2, -0.15) is 0 Å². The average molecular weight is 439 g/mol. The van der Waals surface area contributed by atoms with E-state index in [2.05, 4.69) is 113 Å². The minimum atomic E-state index is 1.18. The SMILES string of the molecule is c1ccc2c(c1)[nH]c1ccc3c(c4ccccc4n3-c3ccc4c(c3)sc3ccccc34)c12. The van der Waals surface area contributed by atoms with E-state index in [1.54, 1.807) is 0 Å². The van der Waals surface area contributed by atoms with Crippen molar-refractivity contribution < 1.29 is 0 Å². The summed E-state index contributed by atoms with van der Waals surface area (Å²) >= 11 is 1.87. The van der Waals surface area contributed by atoms with E-state index in [1.807, 2.05) is 11.3 Å². The van der Waals surface area contributed by atoms with Crippen LogP contribution in [0.1, 0.15) is 0 Å². The van der Waals surface area contributed by atoms with Gasteiger partial charge in [-0.3, -0.25) is 0 Å². The quantitative estimate of drug-likeness (QED) is 0.264. The summed E-state index contributed by atoms with van der Waals surface area (Å²) in [7, 11) is 0. The predicted octanol–water partition coefficient (Wildman–Crippen LogP) is 8.79. The normalized spacial score (nSPS) is 12.2. The van der Waals surface area contributed by atoms with Gasteiger partial charge in [-0.1, -0.05) is 60.7 Å². The molecule has 0 atom stereocenters. The number of aromatic amines is 1. The van der Waals surface area contributed by atoms with Crippen molar-refractivity contribution in [3.63, 3.8) is 0 Å². The van der Waals surface area contributed by atoms with Gasteiger partial charge in [0, 0.05) is 58.4 Å². The van der Waals surface area contributed by atoms with Gasteiger partial charge in [-0.05, 0) is 42.5 Å². The number of benzene rings is 5. The van der Waals surface area contributed by atoms with E-state index < -0.39 is 0 Å². The van der Waals surface area contributed by atoms with E-state index in [4.69, 9.17) is 0 Å². The fourth-order valence-corrected chi connectivity index (χ4v) is 6.67. The molecule has 0 saturated carbocycles. The topological polar surface area (TPSA) is 20.7 Å². The molecule has 5 aromatic carbocycles. The maximum Gasteiger partial charge on any atom is 0.0548 e. The average Bonchev–Trinajstić information content (AvgIpc) is 3.52. The third-order valence-electron chi connectivity index (χ3n) is 6.92. The van der Waals surface area contributed by atoms with Crippen molar-refractivity contribution in [3.8, 4) is 5.69 Å². The van der Waals surface area contributed by atoms with Crippen LogP contribution < -0.4 is 0 Å². The molecule has 33 heavy (non-hydrogen) atoms. The molecule has 0 radical (unpaired) electrons. The van der Waals surface area contributed by atoms with Gasteiger partial charge in [0.25, 0.3) is 0 Å². The van der Waals surface area contributed by atoms with E-state index in [-0.39, 0.29) is 0 Å². The molecule has 154 valence electrons. The monoisotopic (exact) mass is 438 g/mol. The zero-order valence-corrected chi connectivity index (χ0v) is 18.5. The second-order valence-corrected chi connectivity index (χ2v) is 9.77. The number of rotatable bonds is 1. The van der Waals surface area contributed by atoms with Crippen LogP contribution in [0.3, 0.4) is 0 Å². The summed E-state index contributed by atoms with van der Waals surface area (Å²) in [4.78, 5) is 3.62. The first-order chi connectivity index (χ1) is 16.4. The molecule has 2 nitrogen and oxygen atoms in total. The maximum atomic E-state index is 3.62. The Bertz CT molecular complexity index is 2030. The summed E-state index contributed by atoms with van der Waals surface area (Å²) in [5.74, 6) is 0. The van der Waals surface area contributed by atoms with Crippen molar-refractivity contribution in [2.45, 2.75) is 0 Å². The van der Waals surface area contributed by atoms with E-state index in [0.717, 1.165) is 0 Å². The number of thiophene rings is 1. The summed E-state index contributed by atoms with van der Waals surface area (Å²) in [6.45, 7) is 0. The molecule has 0 aliphatic rings. The number of para-hydroxylation sites is 2. The Hall–Kier alpha value is -4.08. The first-order valence-electron chi connectivity index (χ1n) is 11.2. The maximum absolute atomic E-state index is 3.62. The molecule has 3 heteroatoms. The lowest BCUT2D eigenvalue weighted by Crippen LogP contribution is -1.93. The van der Waals surface area contributed by atoms with Crippen LogP contribution in [0.4, 0.5) is 0 Å². The Balaban J connectivity index is 1.54. The number of aromatic nitrogens is 2. The number of nitrogens with zero attached hydrogens (tertiary/aromatic N) is 1. The van der Waals surface area contributed by atoms with Crippen LogP contribution in [0.5, 0.6) is 0 Å². The van der Waals surface area contributed by atoms with Crippen molar-refractivity contribution in [3.05, 3.63) is 103 Å². The molecule has 0 aliphatic heterocycles. The number of hydrogen-bond acceptors (Lipinski definition) is 1. The molecule has 0 amide bonds. The van der Waals surface area contributed by atoms with Crippen molar-refractivity contribution in [1.29, 1.82) is 0 Å². The van der Waals surface area contributed by atoms with Crippen LogP contribution >= 0.6 is 11.3 Å². The highest BCUT2D eigenvalue weighted by molar-refractivity contribution is 7.25. The lowest BCUT2D eigenvalue weighted by Gasteiger charge is -2.08. The fraction of sp³-hybridized carbons (Fsp3) is 0. The van der Waals surface area contributed by atoms with Crippen molar-refractivity contribution >= 4 is 75.1 Å². The number of H-pyrrole nitrogens is 1. The lowest BCUT2D eigenvalue weighted by atomic mass is 10.1. The highest BCUT2D eigenvalue weighted by Gasteiger charge is 2.17. The molecule has 3 heterocycles. The molecule has 8 aromatic rings. The minimum Gasteiger partial charge on any atom is -0.354 e. The zero-order chi connectivity index (χ0) is 21.5. The zero-order valence-electron chi connectivity index (χ0n) is 17.7. The van der Waals surface area contributed by atoms with Crippen molar-refractivity contribution in [2.75, 3.05) is 0 Å². The van der Waals surface area contributed by atoms with Crippen molar-refractivity contribution in [1.82, 2.24) is 9.55 Å². The summed E-state index contributed by atoms with van der Waals surface area (Å²) in [6, 6.07) is 37.5. The highest BCUT2D eigenvalue weighted by atomic mass is 32.1. The van der Waals surface area contributed by atoms with Crippen LogP contribution in [-0.4, -0.2) is 9.55 Å². The standard InChI is InChI=1S/C30H18N2S/c1-4-10-23-21(8-1)29-24(31-23)15-16-26-30(29)22-9-2-5-11-25(22)32(26)18-13-14-20-19-7-3-6-12-27(19)33-28(20)17-18/h1-17,31H. The Morgan fingerprint density at radius 3 is 2.21 bits per heavy atom.